The van der Waals surface area contributed by atoms with Crippen molar-refractivity contribution >= 4 is 74.1 Å². The number of rotatable bonds is 8. The predicted octanol–water partition coefficient (Wildman–Crippen LogP) is 13.1. The monoisotopic (exact) mass is 1090 g/mol. The van der Waals surface area contributed by atoms with Crippen LogP contribution in [-0.4, -0.2) is 0 Å². The van der Waals surface area contributed by atoms with Crippen molar-refractivity contribution < 1.29 is 20.4 Å². The molecule has 0 aliphatic heterocycles. The fraction of sp³-hybridized carbons (Fsp3) is 0. The minimum atomic E-state index is -0.786. The average Bonchev–Trinajstić information content (AvgIpc) is 3.46. The van der Waals surface area contributed by atoms with Crippen LogP contribution < -0.4 is 42.4 Å². The summed E-state index contributed by atoms with van der Waals surface area (Å²) in [6.07, 6.45) is 0. The molecule has 0 amide bonds. The molecule has 10 aromatic rings. The Kier molecular flexibility index (Phi) is 20.1. The molecule has 10 aromatic carbocycles. The van der Waals surface area contributed by atoms with Crippen LogP contribution in [0.2, 0.25) is 0 Å². The molecule has 0 N–H and O–H groups in total. The Bertz CT molecular complexity index is 2900. The van der Waals surface area contributed by atoms with Gasteiger partial charge in [-0.15, -0.1) is 0 Å². The summed E-state index contributed by atoms with van der Waals surface area (Å²) < 4.78 is 0. The van der Waals surface area contributed by atoms with Gasteiger partial charge in [-0.25, -0.2) is 0 Å². The van der Waals surface area contributed by atoms with E-state index >= 15 is 0 Å². The third-order valence-corrected chi connectivity index (χ3v) is 19.0. The van der Waals surface area contributed by atoms with Crippen molar-refractivity contribution in [2.45, 2.75) is 0 Å². The van der Waals surface area contributed by atoms with Crippen molar-refractivity contribution in [2.24, 2.45) is 0 Å². The van der Waals surface area contributed by atoms with Crippen LogP contribution in [-0.2, 0) is 20.4 Å². The Morgan fingerprint density at radius 1 is 0.164 bits per heavy atom. The van der Waals surface area contributed by atoms with Gasteiger partial charge in [-0.3, -0.25) is 0 Å². The molecule has 0 nitrogen and oxygen atoms in total. The molecule has 0 aliphatic rings. The van der Waals surface area contributed by atoms with Gasteiger partial charge in [-0.2, -0.15) is 0 Å². The smallest absolute Gasteiger partial charge is 0.0405 e. The molecule has 0 aliphatic carbocycles. The number of hydrogen-bond acceptors (Lipinski definition) is 0. The van der Waals surface area contributed by atoms with Crippen LogP contribution in [0.5, 0.6) is 0 Å². The van der Waals surface area contributed by atoms with Crippen LogP contribution in [0.3, 0.4) is 0 Å². The van der Waals surface area contributed by atoms with Crippen LogP contribution in [0.15, 0.2) is 291 Å². The van der Waals surface area contributed by atoms with E-state index in [4.69, 9.17) is 0 Å². The van der Waals surface area contributed by atoms with Gasteiger partial charge < -0.3 is 0 Å². The Labute approximate surface area is 451 Å². The van der Waals surface area contributed by atoms with Gasteiger partial charge in [0.15, 0.2) is 0 Å². The second-order valence-corrected chi connectivity index (χ2v) is 23.8. The molecule has 5 heteroatoms. The molecule has 10 rings (SSSR count). The molecule has 0 saturated carbocycles. The molecular weight excluding hydrogens is 1050 g/mol. The second-order valence-electron chi connectivity index (χ2n) is 16.1. The van der Waals surface area contributed by atoms with Gasteiger partial charge in [-0.1, -0.05) is 313 Å². The van der Waals surface area contributed by atoms with Gasteiger partial charge in [0.05, 0.1) is 0 Å². The van der Waals surface area contributed by atoms with Gasteiger partial charge in [0, 0.05) is 74.4 Å². The fourth-order valence-electron chi connectivity index (χ4n) is 7.60. The largest absolute Gasteiger partial charge is 0.0622 e. The average molecular weight is 1100 g/mol. The first-order valence-corrected chi connectivity index (χ1v) is 29.0. The van der Waals surface area contributed by atoms with Crippen molar-refractivity contribution in [3.05, 3.63) is 313 Å². The van der Waals surface area contributed by atoms with Crippen molar-refractivity contribution in [3.63, 3.8) is 0 Å². The van der Waals surface area contributed by atoms with Crippen molar-refractivity contribution in [3.8, 4) is 46.3 Å². The summed E-state index contributed by atoms with van der Waals surface area (Å²) in [5, 5.41) is 10.0. The van der Waals surface area contributed by atoms with Gasteiger partial charge in [0.1, 0.15) is 0 Å². The molecule has 0 bridgehead atoms. The second kappa shape index (κ2) is 28.2. The van der Waals surface area contributed by atoms with Crippen LogP contribution in [0.1, 0.15) is 22.3 Å². The summed E-state index contributed by atoms with van der Waals surface area (Å²) in [5.74, 6) is 14.0. The van der Waals surface area contributed by atoms with Gasteiger partial charge in [-0.05, 0) is 66.7 Å². The normalized spacial score (nSPS) is 10.1. The zero-order valence-electron chi connectivity index (χ0n) is 39.8. The van der Waals surface area contributed by atoms with Crippen LogP contribution in [0, 0.1) is 46.3 Å². The summed E-state index contributed by atoms with van der Waals surface area (Å²) in [5.41, 5.74) is 18.3. The quantitative estimate of drug-likeness (QED) is 0.0808. The van der Waals surface area contributed by atoms with E-state index < -0.39 is 31.7 Å². The topological polar surface area (TPSA) is 0 Å². The fourth-order valence-corrected chi connectivity index (χ4v) is 14.5. The first-order chi connectivity index (χ1) is 35.8. The summed E-state index contributed by atoms with van der Waals surface area (Å²) in [6.45, 7) is 0. The third-order valence-electron chi connectivity index (χ3n) is 11.2. The number of benzene rings is 10. The maximum atomic E-state index is 3.61. The van der Waals surface area contributed by atoms with Crippen molar-refractivity contribution in [1.29, 1.82) is 0 Å². The van der Waals surface area contributed by atoms with Crippen LogP contribution >= 0.6 is 31.7 Å². The molecule has 350 valence electrons. The third kappa shape index (κ3) is 14.9. The van der Waals surface area contributed by atoms with E-state index in [1.807, 2.05) is 24.3 Å². The Balaban J connectivity index is 0.000000192. The zero-order chi connectivity index (χ0) is 48.8. The number of hydrogen-bond donors (Lipinski definition) is 0. The van der Waals surface area contributed by atoms with Gasteiger partial charge in [0.25, 0.3) is 0 Å². The standard InChI is InChI=1S/2C34H24P2.Pd/c2*1-5-17-31(18-6-1)35(32-19-7-2-8-20-32)27-25-29-15-13-14-16-30(29)26-28-36(33-21-9-3-10-22-33)34-23-11-4-12-24-34;/h2*1-24H;. The van der Waals surface area contributed by atoms with Crippen molar-refractivity contribution in [2.75, 3.05) is 0 Å². The Morgan fingerprint density at radius 3 is 0.425 bits per heavy atom. The van der Waals surface area contributed by atoms with E-state index in [2.05, 4.69) is 313 Å². The van der Waals surface area contributed by atoms with Crippen LogP contribution in [0.25, 0.3) is 0 Å². The van der Waals surface area contributed by atoms with E-state index in [1.165, 1.54) is 42.4 Å². The summed E-state index contributed by atoms with van der Waals surface area (Å²) in [4.78, 5) is 0. The van der Waals surface area contributed by atoms with Crippen LogP contribution in [0.4, 0.5) is 0 Å². The molecule has 73 heavy (non-hydrogen) atoms. The minimum absolute atomic E-state index is 0. The van der Waals surface area contributed by atoms with Gasteiger partial charge in [0.2, 0.25) is 0 Å². The molecular formula is C68H48P4Pd. The molecule has 0 saturated heterocycles. The summed E-state index contributed by atoms with van der Waals surface area (Å²) in [6, 6.07) is 101. The zero-order valence-corrected chi connectivity index (χ0v) is 45.0. The van der Waals surface area contributed by atoms with E-state index in [9.17, 15) is 0 Å². The molecule has 0 heterocycles. The molecule has 0 spiro atoms. The molecule has 0 atom stereocenters. The Morgan fingerprint density at radius 2 is 0.288 bits per heavy atom. The first-order valence-electron chi connectivity index (χ1n) is 23.6. The predicted molar refractivity (Wildman–Crippen MR) is 317 cm³/mol. The van der Waals surface area contributed by atoms with E-state index in [-0.39, 0.29) is 20.4 Å². The first kappa shape index (κ1) is 52.2. The van der Waals surface area contributed by atoms with E-state index in [0.717, 1.165) is 22.3 Å². The summed E-state index contributed by atoms with van der Waals surface area (Å²) in [7, 11) is -3.14. The van der Waals surface area contributed by atoms with Gasteiger partial charge >= 0.3 is 0 Å². The maximum absolute atomic E-state index is 3.61. The Hall–Kier alpha value is -7.18. The van der Waals surface area contributed by atoms with Crippen molar-refractivity contribution in [1.82, 2.24) is 0 Å². The SMILES string of the molecule is C(#CP(c1ccccc1)c1ccccc1)c1ccccc1C#CP(c1ccccc1)c1ccccc1.C(#CP(c1ccccc1)c1ccccc1)c1ccccc1C#CP(c1ccccc1)c1ccccc1.[Pd]. The molecule has 0 radical (unpaired) electrons. The molecule has 0 fully saturated rings. The molecule has 0 aromatic heterocycles. The molecule has 0 unspecified atom stereocenters. The maximum Gasteiger partial charge on any atom is 0.0405 e. The summed E-state index contributed by atoms with van der Waals surface area (Å²) >= 11 is 0. The van der Waals surface area contributed by atoms with E-state index in [1.54, 1.807) is 0 Å². The van der Waals surface area contributed by atoms with E-state index in [0.29, 0.717) is 0 Å². The minimum Gasteiger partial charge on any atom is -0.0622 e.